The zero-order valence-electron chi connectivity index (χ0n) is 6.44. The lowest BCUT2D eigenvalue weighted by Gasteiger charge is -2.22. The highest BCUT2D eigenvalue weighted by Crippen LogP contribution is 2.26. The summed E-state index contributed by atoms with van der Waals surface area (Å²) in [6.07, 6.45) is 2.58. The van der Waals surface area contributed by atoms with E-state index in [1.807, 2.05) is 0 Å². The van der Waals surface area contributed by atoms with Crippen LogP contribution in [0.3, 0.4) is 0 Å². The zero-order chi connectivity index (χ0) is 8.48. The molecule has 1 saturated carbocycles. The Morgan fingerprint density at radius 3 is 2.25 bits per heavy atom. The maximum atomic E-state index is 10.6. The van der Waals surface area contributed by atoms with E-state index < -0.39 is 15.4 Å². The minimum absolute atomic E-state index is 0. The van der Waals surface area contributed by atoms with Crippen LogP contribution in [0.2, 0.25) is 0 Å². The number of rotatable bonds is 1. The first-order valence-corrected chi connectivity index (χ1v) is 5.54. The lowest BCUT2D eigenvalue weighted by Crippen LogP contribution is -2.27. The third kappa shape index (κ3) is 3.47. The molecular weight excluding hydrogens is 223 g/mol. The quantitative estimate of drug-likeness (QED) is 0.557. The van der Waals surface area contributed by atoms with E-state index in [-0.39, 0.29) is 17.8 Å². The molecule has 1 aliphatic rings. The van der Waals surface area contributed by atoms with Gasteiger partial charge in [-0.2, -0.15) is 8.42 Å². The van der Waals surface area contributed by atoms with Gasteiger partial charge in [-0.1, -0.05) is 6.42 Å². The van der Waals surface area contributed by atoms with Crippen molar-refractivity contribution < 1.29 is 13.0 Å². The molecule has 1 fully saturated rings. The summed E-state index contributed by atoms with van der Waals surface area (Å²) in [7, 11) is -3.84. The second kappa shape index (κ2) is 4.65. The average molecular weight is 235 g/mol. The van der Waals surface area contributed by atoms with Crippen molar-refractivity contribution in [2.45, 2.75) is 36.3 Å². The normalized spacial score (nSPS) is 30.8. The van der Waals surface area contributed by atoms with E-state index in [1.165, 1.54) is 0 Å². The third-order valence-corrected chi connectivity index (χ3v) is 3.65. The van der Waals surface area contributed by atoms with Crippen LogP contribution in [0.1, 0.15) is 25.7 Å². The average Bonchev–Trinajstić information content (AvgIpc) is 1.86. The molecule has 0 aliphatic heterocycles. The fourth-order valence-electron chi connectivity index (χ4n) is 1.36. The highest BCUT2D eigenvalue weighted by atomic mass is 35.5. The van der Waals surface area contributed by atoms with Gasteiger partial charge in [-0.15, -0.1) is 24.0 Å². The molecule has 0 spiro atoms. The lowest BCUT2D eigenvalue weighted by atomic mass is 10.00. The molecular formula is C6H12Cl2O3S. The molecule has 1 rings (SSSR count). The SMILES string of the molecule is Cl.O=S(=O)(O)C1CCCC(Cl)C1. The van der Waals surface area contributed by atoms with Crippen LogP contribution in [0.25, 0.3) is 0 Å². The van der Waals surface area contributed by atoms with E-state index in [2.05, 4.69) is 0 Å². The van der Waals surface area contributed by atoms with Gasteiger partial charge in [-0.3, -0.25) is 4.55 Å². The Labute approximate surface area is 83.6 Å². The van der Waals surface area contributed by atoms with Crippen LogP contribution in [-0.2, 0) is 10.1 Å². The van der Waals surface area contributed by atoms with E-state index >= 15 is 0 Å². The van der Waals surface area contributed by atoms with Crippen molar-refractivity contribution >= 4 is 34.1 Å². The van der Waals surface area contributed by atoms with Crippen LogP contribution in [0.5, 0.6) is 0 Å². The first-order valence-electron chi connectivity index (χ1n) is 3.60. The van der Waals surface area contributed by atoms with Gasteiger partial charge in [0.2, 0.25) is 0 Å². The van der Waals surface area contributed by atoms with Crippen molar-refractivity contribution in [3.63, 3.8) is 0 Å². The first kappa shape index (κ1) is 12.5. The molecule has 3 nitrogen and oxygen atoms in total. The Hall–Kier alpha value is 0.490. The summed E-state index contributed by atoms with van der Waals surface area (Å²) in [4.78, 5) is 0. The Morgan fingerprint density at radius 1 is 1.33 bits per heavy atom. The maximum Gasteiger partial charge on any atom is 0.267 e. The van der Waals surface area contributed by atoms with E-state index in [4.69, 9.17) is 16.2 Å². The molecule has 0 radical (unpaired) electrons. The van der Waals surface area contributed by atoms with Crippen molar-refractivity contribution in [1.82, 2.24) is 0 Å². The van der Waals surface area contributed by atoms with Crippen LogP contribution in [0.4, 0.5) is 0 Å². The number of hydrogen-bond acceptors (Lipinski definition) is 2. The van der Waals surface area contributed by atoms with Crippen molar-refractivity contribution in [3.05, 3.63) is 0 Å². The smallest absolute Gasteiger partial charge is 0.267 e. The van der Waals surface area contributed by atoms with Crippen molar-refractivity contribution in [2.24, 2.45) is 0 Å². The molecule has 0 aromatic heterocycles. The second-order valence-corrected chi connectivity index (χ2v) is 5.21. The fourth-order valence-corrected chi connectivity index (χ4v) is 2.77. The lowest BCUT2D eigenvalue weighted by molar-refractivity contribution is 0.428. The highest BCUT2D eigenvalue weighted by molar-refractivity contribution is 7.86. The minimum Gasteiger partial charge on any atom is -0.285 e. The van der Waals surface area contributed by atoms with Gasteiger partial charge in [0.1, 0.15) is 0 Å². The molecule has 1 N–H and O–H groups in total. The predicted molar refractivity (Wildman–Crippen MR) is 50.7 cm³/mol. The Balaban J connectivity index is 0.00000121. The van der Waals surface area contributed by atoms with Crippen LogP contribution in [0, 0.1) is 0 Å². The minimum atomic E-state index is -3.84. The van der Waals surface area contributed by atoms with Crippen LogP contribution in [-0.4, -0.2) is 23.6 Å². The van der Waals surface area contributed by atoms with Crippen LogP contribution in [0.15, 0.2) is 0 Å². The van der Waals surface area contributed by atoms with Crippen molar-refractivity contribution in [3.8, 4) is 0 Å². The van der Waals surface area contributed by atoms with Crippen molar-refractivity contribution in [2.75, 3.05) is 0 Å². The molecule has 0 heterocycles. The van der Waals surface area contributed by atoms with Gasteiger partial charge in [-0.05, 0) is 19.3 Å². The maximum absolute atomic E-state index is 10.6. The van der Waals surface area contributed by atoms with Crippen LogP contribution >= 0.6 is 24.0 Å². The number of hydrogen-bond donors (Lipinski definition) is 1. The summed E-state index contributed by atoms with van der Waals surface area (Å²) in [5, 5.41) is -0.713. The molecule has 0 aromatic rings. The number of halogens is 2. The molecule has 1 aliphatic carbocycles. The van der Waals surface area contributed by atoms with Gasteiger partial charge in [0.05, 0.1) is 5.25 Å². The zero-order valence-corrected chi connectivity index (χ0v) is 8.83. The molecule has 0 amide bonds. The molecule has 6 heteroatoms. The number of alkyl halides is 1. The first-order chi connectivity index (χ1) is 5.00. The summed E-state index contributed by atoms with van der Waals surface area (Å²) >= 11 is 5.74. The summed E-state index contributed by atoms with van der Waals surface area (Å²) < 4.78 is 29.9. The van der Waals surface area contributed by atoms with Gasteiger partial charge >= 0.3 is 0 Å². The topological polar surface area (TPSA) is 54.4 Å². The van der Waals surface area contributed by atoms with Gasteiger partial charge in [0, 0.05) is 5.38 Å². The second-order valence-electron chi connectivity index (χ2n) is 2.90. The molecule has 0 saturated heterocycles. The third-order valence-electron chi connectivity index (χ3n) is 1.98. The van der Waals surface area contributed by atoms with Gasteiger partial charge in [0.25, 0.3) is 10.1 Å². The Kier molecular flexibility index (Phi) is 4.84. The van der Waals surface area contributed by atoms with E-state index in [0.29, 0.717) is 12.8 Å². The molecule has 0 aromatic carbocycles. The molecule has 12 heavy (non-hydrogen) atoms. The summed E-state index contributed by atoms with van der Waals surface area (Å²) in [5.74, 6) is 0. The Bertz CT molecular complexity index is 227. The highest BCUT2D eigenvalue weighted by Gasteiger charge is 2.29. The molecule has 74 valence electrons. The van der Waals surface area contributed by atoms with Crippen molar-refractivity contribution in [1.29, 1.82) is 0 Å². The summed E-state index contributed by atoms with van der Waals surface area (Å²) in [5.41, 5.74) is 0. The largest absolute Gasteiger partial charge is 0.285 e. The fraction of sp³-hybridized carbons (Fsp3) is 1.00. The summed E-state index contributed by atoms with van der Waals surface area (Å²) in [6, 6.07) is 0. The molecule has 0 bridgehead atoms. The monoisotopic (exact) mass is 234 g/mol. The van der Waals surface area contributed by atoms with E-state index in [0.717, 1.165) is 12.8 Å². The van der Waals surface area contributed by atoms with Gasteiger partial charge in [0.15, 0.2) is 0 Å². The molecule has 2 unspecified atom stereocenters. The van der Waals surface area contributed by atoms with Crippen LogP contribution < -0.4 is 0 Å². The van der Waals surface area contributed by atoms with Gasteiger partial charge < -0.3 is 0 Å². The van der Waals surface area contributed by atoms with E-state index in [1.54, 1.807) is 0 Å². The molecule has 2 atom stereocenters. The Morgan fingerprint density at radius 2 is 1.92 bits per heavy atom. The van der Waals surface area contributed by atoms with Gasteiger partial charge in [-0.25, -0.2) is 0 Å². The van der Waals surface area contributed by atoms with E-state index in [9.17, 15) is 8.42 Å². The predicted octanol–water partition coefficient (Wildman–Crippen LogP) is 1.85. The summed E-state index contributed by atoms with van der Waals surface area (Å²) in [6.45, 7) is 0. The standard InChI is InChI=1S/C6H11ClO3S.ClH/c7-5-2-1-3-6(4-5)11(8,9)10;/h5-6H,1-4H2,(H,8,9,10);1H.